The van der Waals surface area contributed by atoms with Crippen LogP contribution in [0.15, 0.2) is 18.2 Å². The van der Waals surface area contributed by atoms with Crippen LogP contribution in [0.5, 0.6) is 5.75 Å². The number of nitro benzene ring substituents is 1. The molecule has 0 bridgehead atoms. The van der Waals surface area contributed by atoms with E-state index in [0.29, 0.717) is 31.6 Å². The molecule has 98 valence electrons. The zero-order valence-corrected chi connectivity index (χ0v) is 10.6. The molecule has 5 heteroatoms. The molecule has 0 aliphatic rings. The largest absolute Gasteiger partial charge is 0.493 e. The van der Waals surface area contributed by atoms with E-state index < -0.39 is 4.92 Å². The van der Waals surface area contributed by atoms with Gasteiger partial charge in [-0.3, -0.25) is 14.9 Å². The Bertz CT molecular complexity index is 443. The molecule has 0 heterocycles. The summed E-state index contributed by atoms with van der Waals surface area (Å²) in [4.78, 5) is 21.3. The first-order valence-electron chi connectivity index (χ1n) is 5.94. The van der Waals surface area contributed by atoms with Crippen LogP contribution in [0.2, 0.25) is 0 Å². The number of nitrogens with zero attached hydrogens (tertiary/aromatic N) is 1. The molecular formula is C13H17NO4. The molecule has 0 saturated heterocycles. The molecule has 0 spiro atoms. The average Bonchev–Trinajstić information content (AvgIpc) is 2.35. The highest BCUT2D eigenvalue weighted by atomic mass is 16.6. The van der Waals surface area contributed by atoms with Crippen molar-refractivity contribution >= 4 is 11.5 Å². The number of hydrogen-bond acceptors (Lipinski definition) is 4. The van der Waals surface area contributed by atoms with Gasteiger partial charge < -0.3 is 4.74 Å². The number of carbonyl (C=O) groups is 1. The van der Waals surface area contributed by atoms with E-state index in [0.717, 1.165) is 5.56 Å². The fourth-order valence-corrected chi connectivity index (χ4v) is 1.49. The Morgan fingerprint density at radius 2 is 2.17 bits per heavy atom. The quantitative estimate of drug-likeness (QED) is 0.424. The molecule has 1 rings (SSSR count). The molecule has 0 aromatic heterocycles. The van der Waals surface area contributed by atoms with Crippen LogP contribution in [-0.4, -0.2) is 17.3 Å². The summed E-state index contributed by atoms with van der Waals surface area (Å²) in [6.07, 6.45) is 1.66. The summed E-state index contributed by atoms with van der Waals surface area (Å²) in [7, 11) is 0. The van der Waals surface area contributed by atoms with E-state index in [2.05, 4.69) is 0 Å². The van der Waals surface area contributed by atoms with Crippen LogP contribution in [0.1, 0.15) is 31.7 Å². The highest BCUT2D eigenvalue weighted by molar-refractivity contribution is 5.77. The van der Waals surface area contributed by atoms with E-state index in [1.165, 1.54) is 12.1 Å². The van der Waals surface area contributed by atoms with Gasteiger partial charge in [0.05, 0.1) is 17.6 Å². The zero-order valence-electron chi connectivity index (χ0n) is 10.6. The Morgan fingerprint density at radius 1 is 1.44 bits per heavy atom. The van der Waals surface area contributed by atoms with Crippen LogP contribution in [0.3, 0.4) is 0 Å². The Hall–Kier alpha value is -1.91. The zero-order chi connectivity index (χ0) is 13.5. The monoisotopic (exact) mass is 251 g/mol. The second-order valence-corrected chi connectivity index (χ2v) is 4.05. The first-order valence-corrected chi connectivity index (χ1v) is 5.94. The number of benzene rings is 1. The van der Waals surface area contributed by atoms with E-state index in [9.17, 15) is 14.9 Å². The van der Waals surface area contributed by atoms with Crippen molar-refractivity contribution in [2.24, 2.45) is 0 Å². The van der Waals surface area contributed by atoms with Gasteiger partial charge in [-0.15, -0.1) is 0 Å². The van der Waals surface area contributed by atoms with Crippen LogP contribution >= 0.6 is 0 Å². The number of nitro groups is 1. The molecule has 0 saturated carbocycles. The number of ether oxygens (including phenoxy) is 1. The van der Waals surface area contributed by atoms with Gasteiger partial charge in [0.2, 0.25) is 0 Å². The third-order valence-corrected chi connectivity index (χ3v) is 2.63. The third-order valence-electron chi connectivity index (χ3n) is 2.63. The van der Waals surface area contributed by atoms with Crippen LogP contribution < -0.4 is 4.74 Å². The van der Waals surface area contributed by atoms with Crippen LogP contribution in [0, 0.1) is 17.0 Å². The lowest BCUT2D eigenvalue weighted by molar-refractivity contribution is -0.384. The van der Waals surface area contributed by atoms with Gasteiger partial charge >= 0.3 is 0 Å². The van der Waals surface area contributed by atoms with Gasteiger partial charge in [-0.2, -0.15) is 0 Å². The molecular weight excluding hydrogens is 234 g/mol. The Morgan fingerprint density at radius 3 is 2.78 bits per heavy atom. The molecule has 0 atom stereocenters. The number of ketones is 1. The summed E-state index contributed by atoms with van der Waals surface area (Å²) in [6.45, 7) is 4.05. The lowest BCUT2D eigenvalue weighted by Crippen LogP contribution is -2.03. The maximum Gasteiger partial charge on any atom is 0.273 e. The molecule has 18 heavy (non-hydrogen) atoms. The molecule has 1 aromatic carbocycles. The summed E-state index contributed by atoms with van der Waals surface area (Å²) >= 11 is 0. The number of non-ortho nitro benzene ring substituents is 1. The summed E-state index contributed by atoms with van der Waals surface area (Å²) in [5, 5.41) is 10.6. The van der Waals surface area contributed by atoms with Gasteiger partial charge in [-0.05, 0) is 25.0 Å². The SMILES string of the molecule is CCC(=O)CCCOc1cc([N+](=O)[O-])ccc1C. The highest BCUT2D eigenvalue weighted by Gasteiger charge is 2.09. The van der Waals surface area contributed by atoms with Crippen molar-refractivity contribution in [3.05, 3.63) is 33.9 Å². The highest BCUT2D eigenvalue weighted by Crippen LogP contribution is 2.24. The second-order valence-electron chi connectivity index (χ2n) is 4.05. The van der Waals surface area contributed by atoms with Gasteiger partial charge in [-0.25, -0.2) is 0 Å². The Kier molecular flexibility index (Phi) is 5.30. The predicted molar refractivity (Wildman–Crippen MR) is 67.9 cm³/mol. The number of aryl methyl sites for hydroxylation is 1. The fourth-order valence-electron chi connectivity index (χ4n) is 1.49. The Labute approximate surface area is 106 Å². The standard InChI is InChI=1S/C13H17NO4/c1-3-12(15)5-4-8-18-13-9-11(14(16)17)7-6-10(13)2/h6-7,9H,3-5,8H2,1-2H3. The van der Waals surface area contributed by atoms with Crippen molar-refractivity contribution in [3.8, 4) is 5.75 Å². The van der Waals surface area contributed by atoms with Crippen LogP contribution in [-0.2, 0) is 4.79 Å². The Balaban J connectivity index is 2.53. The minimum Gasteiger partial charge on any atom is -0.493 e. The average molecular weight is 251 g/mol. The minimum atomic E-state index is -0.451. The summed E-state index contributed by atoms with van der Waals surface area (Å²) < 4.78 is 5.47. The van der Waals surface area contributed by atoms with Gasteiger partial charge in [0.1, 0.15) is 11.5 Å². The van der Waals surface area contributed by atoms with Crippen molar-refractivity contribution in [3.63, 3.8) is 0 Å². The van der Waals surface area contributed by atoms with Crippen LogP contribution in [0.25, 0.3) is 0 Å². The minimum absolute atomic E-state index is 0.0141. The van der Waals surface area contributed by atoms with E-state index in [-0.39, 0.29) is 11.5 Å². The normalized spacial score (nSPS) is 10.1. The number of Topliss-reactive ketones (excluding diaryl/α,β-unsaturated/α-hetero) is 1. The topological polar surface area (TPSA) is 69.4 Å². The number of hydrogen-bond donors (Lipinski definition) is 0. The predicted octanol–water partition coefficient (Wildman–Crippen LogP) is 3.04. The van der Waals surface area contributed by atoms with Gasteiger partial charge in [0.15, 0.2) is 0 Å². The van der Waals surface area contributed by atoms with E-state index in [1.807, 2.05) is 13.8 Å². The van der Waals surface area contributed by atoms with E-state index in [4.69, 9.17) is 4.74 Å². The molecule has 0 radical (unpaired) electrons. The summed E-state index contributed by atoms with van der Waals surface area (Å²) in [5.41, 5.74) is 0.864. The summed E-state index contributed by atoms with van der Waals surface area (Å²) in [6, 6.07) is 4.52. The molecule has 0 aliphatic carbocycles. The third kappa shape index (κ3) is 4.16. The van der Waals surface area contributed by atoms with Gasteiger partial charge in [0.25, 0.3) is 5.69 Å². The van der Waals surface area contributed by atoms with Crippen molar-refractivity contribution in [2.45, 2.75) is 33.1 Å². The van der Waals surface area contributed by atoms with Gasteiger partial charge in [0, 0.05) is 18.9 Å². The lowest BCUT2D eigenvalue weighted by Gasteiger charge is -2.08. The molecule has 5 nitrogen and oxygen atoms in total. The van der Waals surface area contributed by atoms with Gasteiger partial charge in [-0.1, -0.05) is 6.92 Å². The first-order chi connectivity index (χ1) is 8.54. The van der Waals surface area contributed by atoms with Crippen molar-refractivity contribution in [2.75, 3.05) is 6.61 Å². The maximum absolute atomic E-state index is 11.1. The molecule has 1 aromatic rings. The number of carbonyl (C=O) groups excluding carboxylic acids is 1. The van der Waals surface area contributed by atoms with Crippen molar-refractivity contribution in [1.82, 2.24) is 0 Å². The van der Waals surface area contributed by atoms with Crippen molar-refractivity contribution in [1.29, 1.82) is 0 Å². The fraction of sp³-hybridized carbons (Fsp3) is 0.462. The first kappa shape index (κ1) is 14.2. The smallest absolute Gasteiger partial charge is 0.273 e. The van der Waals surface area contributed by atoms with E-state index in [1.54, 1.807) is 6.07 Å². The molecule has 0 aliphatic heterocycles. The summed E-state index contributed by atoms with van der Waals surface area (Å²) in [5.74, 6) is 0.711. The molecule has 0 fully saturated rings. The van der Waals surface area contributed by atoms with E-state index >= 15 is 0 Å². The molecule has 0 N–H and O–H groups in total. The molecule has 0 unspecified atom stereocenters. The maximum atomic E-state index is 11.1. The molecule has 0 amide bonds. The second kappa shape index (κ2) is 6.74. The number of rotatable bonds is 7. The lowest BCUT2D eigenvalue weighted by atomic mass is 10.2. The van der Waals surface area contributed by atoms with Crippen molar-refractivity contribution < 1.29 is 14.5 Å². The van der Waals surface area contributed by atoms with Crippen LogP contribution in [0.4, 0.5) is 5.69 Å².